The van der Waals surface area contributed by atoms with Crippen molar-refractivity contribution in [1.29, 1.82) is 0 Å². The van der Waals surface area contributed by atoms with Crippen LogP contribution in [0.1, 0.15) is 16.2 Å². The van der Waals surface area contributed by atoms with Gasteiger partial charge in [0.25, 0.3) is 5.91 Å². The lowest BCUT2D eigenvalue weighted by Gasteiger charge is -2.03. The van der Waals surface area contributed by atoms with Gasteiger partial charge < -0.3 is 9.26 Å². The van der Waals surface area contributed by atoms with Crippen LogP contribution in [0, 0.1) is 6.92 Å². The number of esters is 1. The predicted octanol–water partition coefficient (Wildman–Crippen LogP) is 1.17. The molecule has 0 aromatic carbocycles. The average Bonchev–Trinajstić information content (AvgIpc) is 2.82. The molecule has 0 atom stereocenters. The van der Waals surface area contributed by atoms with Gasteiger partial charge in [0.2, 0.25) is 5.88 Å². The number of aryl methyl sites for hydroxylation is 1. The maximum absolute atomic E-state index is 11.5. The topological polar surface area (TPSA) is 94.3 Å². The molecule has 0 radical (unpaired) electrons. The van der Waals surface area contributed by atoms with E-state index in [0.29, 0.717) is 5.69 Å². The zero-order valence-corrected chi connectivity index (χ0v) is 10.1. The van der Waals surface area contributed by atoms with Gasteiger partial charge in [-0.15, -0.1) is 0 Å². The number of hydrogen-bond acceptors (Lipinski definition) is 6. The van der Waals surface area contributed by atoms with Crippen LogP contribution in [0.2, 0.25) is 0 Å². The fourth-order valence-corrected chi connectivity index (χ4v) is 1.28. The second-order valence-corrected chi connectivity index (χ2v) is 3.67. The Kier molecular flexibility index (Phi) is 3.87. The van der Waals surface area contributed by atoms with Crippen molar-refractivity contribution < 1.29 is 18.8 Å². The minimum Gasteiger partial charge on any atom is -0.451 e. The molecule has 19 heavy (non-hydrogen) atoms. The van der Waals surface area contributed by atoms with E-state index in [1.54, 1.807) is 25.1 Å². The van der Waals surface area contributed by atoms with E-state index in [9.17, 15) is 9.59 Å². The molecule has 0 saturated carbocycles. The van der Waals surface area contributed by atoms with Crippen molar-refractivity contribution in [3.63, 3.8) is 0 Å². The number of rotatable bonds is 4. The van der Waals surface area contributed by atoms with E-state index in [2.05, 4.69) is 15.5 Å². The SMILES string of the molecule is Cc1cc(NC(=O)COC(=O)c2ccccn2)on1. The molecule has 1 N–H and O–H groups in total. The lowest BCUT2D eigenvalue weighted by molar-refractivity contribution is -0.119. The highest BCUT2D eigenvalue weighted by atomic mass is 16.5. The molecule has 0 fully saturated rings. The molecular weight excluding hydrogens is 250 g/mol. The molecule has 2 rings (SSSR count). The highest BCUT2D eigenvalue weighted by molar-refractivity contribution is 5.93. The van der Waals surface area contributed by atoms with Crippen molar-refractivity contribution in [2.24, 2.45) is 0 Å². The Morgan fingerprint density at radius 1 is 1.42 bits per heavy atom. The summed E-state index contributed by atoms with van der Waals surface area (Å²) in [7, 11) is 0. The van der Waals surface area contributed by atoms with Gasteiger partial charge in [-0.1, -0.05) is 11.2 Å². The van der Waals surface area contributed by atoms with Crippen molar-refractivity contribution in [2.75, 3.05) is 11.9 Å². The summed E-state index contributed by atoms with van der Waals surface area (Å²) in [6, 6.07) is 6.38. The smallest absolute Gasteiger partial charge is 0.357 e. The molecule has 2 aromatic heterocycles. The van der Waals surface area contributed by atoms with Crippen molar-refractivity contribution in [3.05, 3.63) is 41.9 Å². The number of aromatic nitrogens is 2. The fraction of sp³-hybridized carbons (Fsp3) is 0.167. The first kappa shape index (κ1) is 12.7. The Hall–Kier alpha value is -2.70. The monoisotopic (exact) mass is 261 g/mol. The van der Waals surface area contributed by atoms with Crippen LogP contribution in [0.3, 0.4) is 0 Å². The molecule has 0 aliphatic carbocycles. The van der Waals surface area contributed by atoms with E-state index in [0.717, 1.165) is 0 Å². The summed E-state index contributed by atoms with van der Waals surface area (Å²) in [5, 5.41) is 6.01. The van der Waals surface area contributed by atoms with Gasteiger partial charge in [-0.3, -0.25) is 10.1 Å². The number of carbonyl (C=O) groups is 2. The number of pyridine rings is 1. The third-order valence-corrected chi connectivity index (χ3v) is 2.10. The summed E-state index contributed by atoms with van der Waals surface area (Å²) >= 11 is 0. The largest absolute Gasteiger partial charge is 0.451 e. The highest BCUT2D eigenvalue weighted by Crippen LogP contribution is 2.07. The Balaban J connectivity index is 1.82. The Bertz CT molecular complexity index is 580. The van der Waals surface area contributed by atoms with E-state index in [-0.39, 0.29) is 11.6 Å². The molecule has 7 nitrogen and oxygen atoms in total. The second kappa shape index (κ2) is 5.76. The van der Waals surface area contributed by atoms with Crippen LogP contribution in [-0.2, 0) is 9.53 Å². The fourth-order valence-electron chi connectivity index (χ4n) is 1.28. The standard InChI is InChI=1S/C12H11N3O4/c1-8-6-11(19-15-8)14-10(16)7-18-12(17)9-4-2-3-5-13-9/h2-6H,7H2,1H3,(H,14,16). The number of carbonyl (C=O) groups excluding carboxylic acids is 2. The first-order valence-electron chi connectivity index (χ1n) is 5.46. The molecule has 7 heteroatoms. The number of ether oxygens (including phenoxy) is 1. The van der Waals surface area contributed by atoms with Crippen molar-refractivity contribution in [2.45, 2.75) is 6.92 Å². The summed E-state index contributed by atoms with van der Waals surface area (Å²) < 4.78 is 9.58. The van der Waals surface area contributed by atoms with Crippen LogP contribution in [-0.4, -0.2) is 28.6 Å². The van der Waals surface area contributed by atoms with Crippen LogP contribution in [0.15, 0.2) is 35.0 Å². The second-order valence-electron chi connectivity index (χ2n) is 3.67. The third-order valence-electron chi connectivity index (χ3n) is 2.10. The predicted molar refractivity (Wildman–Crippen MR) is 64.4 cm³/mol. The summed E-state index contributed by atoms with van der Waals surface area (Å²) in [5.41, 5.74) is 0.784. The zero-order chi connectivity index (χ0) is 13.7. The lowest BCUT2D eigenvalue weighted by Crippen LogP contribution is -2.21. The van der Waals surface area contributed by atoms with E-state index < -0.39 is 18.5 Å². The van der Waals surface area contributed by atoms with Crippen molar-refractivity contribution in [1.82, 2.24) is 10.1 Å². The van der Waals surface area contributed by atoms with Gasteiger partial charge in [0.15, 0.2) is 6.61 Å². The van der Waals surface area contributed by atoms with Gasteiger partial charge in [-0.2, -0.15) is 0 Å². The Morgan fingerprint density at radius 3 is 2.89 bits per heavy atom. The summed E-state index contributed by atoms with van der Waals surface area (Å²) in [5.74, 6) is -0.971. The van der Waals surface area contributed by atoms with Crippen molar-refractivity contribution >= 4 is 17.8 Å². The average molecular weight is 261 g/mol. The summed E-state index contributed by atoms with van der Waals surface area (Å²) in [6.07, 6.45) is 1.47. The highest BCUT2D eigenvalue weighted by Gasteiger charge is 2.12. The summed E-state index contributed by atoms with van der Waals surface area (Å²) in [4.78, 5) is 26.8. The molecule has 1 amide bonds. The lowest BCUT2D eigenvalue weighted by atomic mass is 10.3. The van der Waals surface area contributed by atoms with Crippen molar-refractivity contribution in [3.8, 4) is 0 Å². The van der Waals surface area contributed by atoms with Crippen LogP contribution in [0.4, 0.5) is 5.88 Å². The Morgan fingerprint density at radius 2 is 2.26 bits per heavy atom. The number of anilines is 1. The van der Waals surface area contributed by atoms with Gasteiger partial charge in [-0.25, -0.2) is 9.78 Å². The number of hydrogen-bond donors (Lipinski definition) is 1. The van der Waals surface area contributed by atoms with Gasteiger partial charge in [0.05, 0.1) is 5.69 Å². The maximum Gasteiger partial charge on any atom is 0.357 e. The van der Waals surface area contributed by atoms with Crippen LogP contribution in [0.5, 0.6) is 0 Å². The first-order valence-corrected chi connectivity index (χ1v) is 5.46. The quantitative estimate of drug-likeness (QED) is 0.830. The zero-order valence-electron chi connectivity index (χ0n) is 10.1. The van der Waals surface area contributed by atoms with E-state index >= 15 is 0 Å². The molecule has 0 spiro atoms. The number of amides is 1. The van der Waals surface area contributed by atoms with Gasteiger partial charge >= 0.3 is 5.97 Å². The molecular formula is C12H11N3O4. The third kappa shape index (κ3) is 3.63. The summed E-state index contributed by atoms with van der Waals surface area (Å²) in [6.45, 7) is 1.30. The van der Waals surface area contributed by atoms with Gasteiger partial charge in [-0.05, 0) is 19.1 Å². The van der Waals surface area contributed by atoms with Crippen LogP contribution in [0.25, 0.3) is 0 Å². The first-order chi connectivity index (χ1) is 9.15. The normalized spacial score (nSPS) is 9.95. The molecule has 98 valence electrons. The Labute approximate surface area is 108 Å². The maximum atomic E-state index is 11.5. The molecule has 0 unspecified atom stereocenters. The minimum atomic E-state index is -0.662. The van der Waals surface area contributed by atoms with E-state index in [4.69, 9.17) is 9.26 Å². The van der Waals surface area contributed by atoms with Gasteiger partial charge in [0, 0.05) is 12.3 Å². The molecule has 0 bridgehead atoms. The van der Waals surface area contributed by atoms with Crippen LogP contribution >= 0.6 is 0 Å². The molecule has 2 heterocycles. The number of nitrogens with zero attached hydrogens (tertiary/aromatic N) is 2. The molecule has 0 aliphatic heterocycles. The minimum absolute atomic E-state index is 0.144. The van der Waals surface area contributed by atoms with E-state index in [1.807, 2.05) is 0 Å². The molecule has 0 aliphatic rings. The van der Waals surface area contributed by atoms with Gasteiger partial charge in [0.1, 0.15) is 5.69 Å². The van der Waals surface area contributed by atoms with Crippen LogP contribution < -0.4 is 5.32 Å². The molecule has 2 aromatic rings. The number of nitrogens with one attached hydrogen (secondary N) is 1. The van der Waals surface area contributed by atoms with E-state index in [1.165, 1.54) is 12.3 Å². The molecule has 0 saturated heterocycles.